The van der Waals surface area contributed by atoms with Gasteiger partial charge in [-0.2, -0.15) is 0 Å². The van der Waals surface area contributed by atoms with Crippen LogP contribution in [0.3, 0.4) is 0 Å². The molecular weight excluding hydrogens is 292 g/mol. The molecule has 1 aliphatic rings. The fraction of sp³-hybridized carbons (Fsp3) is 0.357. The number of aromatic nitrogens is 1. The highest BCUT2D eigenvalue weighted by atomic mass is 79.9. The topological polar surface area (TPSA) is 38.1 Å². The fourth-order valence-electron chi connectivity index (χ4n) is 2.47. The van der Waals surface area contributed by atoms with Crippen molar-refractivity contribution in [3.8, 4) is 11.1 Å². The fourth-order valence-corrected chi connectivity index (χ4v) is 2.74. The van der Waals surface area contributed by atoms with Crippen molar-refractivity contribution in [3.05, 3.63) is 40.7 Å². The summed E-state index contributed by atoms with van der Waals surface area (Å²) in [6.07, 6.45) is 4.08. The van der Waals surface area contributed by atoms with Gasteiger partial charge in [0, 0.05) is 16.0 Å². The van der Waals surface area contributed by atoms with Crippen molar-refractivity contribution in [1.82, 2.24) is 10.5 Å². The number of piperidine rings is 1. The molecule has 1 aromatic carbocycles. The Hall–Kier alpha value is -1.13. The van der Waals surface area contributed by atoms with Crippen molar-refractivity contribution in [3.63, 3.8) is 0 Å². The van der Waals surface area contributed by atoms with Gasteiger partial charge in [-0.15, -0.1) is 0 Å². The van der Waals surface area contributed by atoms with Gasteiger partial charge < -0.3 is 9.84 Å². The van der Waals surface area contributed by atoms with Crippen molar-refractivity contribution in [1.29, 1.82) is 0 Å². The van der Waals surface area contributed by atoms with Crippen LogP contribution >= 0.6 is 15.9 Å². The first-order chi connectivity index (χ1) is 8.84. The summed E-state index contributed by atoms with van der Waals surface area (Å²) < 4.78 is 6.59. The van der Waals surface area contributed by atoms with Gasteiger partial charge in [-0.3, -0.25) is 0 Å². The lowest BCUT2D eigenvalue weighted by atomic mass is 9.91. The van der Waals surface area contributed by atoms with E-state index in [0.29, 0.717) is 5.92 Å². The van der Waals surface area contributed by atoms with Gasteiger partial charge in [0.15, 0.2) is 0 Å². The molecule has 1 fully saturated rings. The van der Waals surface area contributed by atoms with Gasteiger partial charge in [0.1, 0.15) is 5.76 Å². The third kappa shape index (κ3) is 2.35. The molecule has 0 radical (unpaired) electrons. The van der Waals surface area contributed by atoms with Crippen LogP contribution in [0.1, 0.15) is 24.5 Å². The molecule has 2 heterocycles. The van der Waals surface area contributed by atoms with Crippen molar-refractivity contribution >= 4 is 15.9 Å². The van der Waals surface area contributed by atoms with Crippen molar-refractivity contribution in [2.45, 2.75) is 18.8 Å². The van der Waals surface area contributed by atoms with Crippen LogP contribution < -0.4 is 5.32 Å². The van der Waals surface area contributed by atoms with Crippen LogP contribution in [0.25, 0.3) is 11.1 Å². The molecule has 0 atom stereocenters. The Morgan fingerprint density at radius 3 is 2.61 bits per heavy atom. The van der Waals surface area contributed by atoms with E-state index in [1.165, 1.54) is 5.56 Å². The summed E-state index contributed by atoms with van der Waals surface area (Å²) in [5, 5.41) is 7.36. The van der Waals surface area contributed by atoms with Gasteiger partial charge in [0.25, 0.3) is 0 Å². The van der Waals surface area contributed by atoms with Gasteiger partial charge in [-0.05, 0) is 43.6 Å². The maximum absolute atomic E-state index is 5.50. The lowest BCUT2D eigenvalue weighted by Crippen LogP contribution is -2.26. The Labute approximate surface area is 115 Å². The van der Waals surface area contributed by atoms with Gasteiger partial charge in [0.05, 0.1) is 6.20 Å². The van der Waals surface area contributed by atoms with Crippen molar-refractivity contribution < 1.29 is 4.52 Å². The summed E-state index contributed by atoms with van der Waals surface area (Å²) in [6.45, 7) is 2.12. The smallest absolute Gasteiger partial charge is 0.147 e. The highest BCUT2D eigenvalue weighted by Gasteiger charge is 2.22. The second kappa shape index (κ2) is 5.24. The zero-order chi connectivity index (χ0) is 12.4. The van der Waals surface area contributed by atoms with Gasteiger partial charge in [0.2, 0.25) is 0 Å². The first-order valence-electron chi connectivity index (χ1n) is 6.26. The molecule has 94 valence electrons. The predicted molar refractivity (Wildman–Crippen MR) is 74.5 cm³/mol. The van der Waals surface area contributed by atoms with Gasteiger partial charge in [-0.25, -0.2) is 0 Å². The summed E-state index contributed by atoms with van der Waals surface area (Å²) in [5.41, 5.74) is 2.31. The number of halogens is 1. The maximum atomic E-state index is 5.50. The summed E-state index contributed by atoms with van der Waals surface area (Å²) in [7, 11) is 0. The van der Waals surface area contributed by atoms with E-state index in [1.807, 2.05) is 6.20 Å². The van der Waals surface area contributed by atoms with E-state index in [1.54, 1.807) is 0 Å². The van der Waals surface area contributed by atoms with E-state index in [-0.39, 0.29) is 0 Å². The SMILES string of the molecule is Brc1ccc(-c2cnoc2C2CCNCC2)cc1. The van der Waals surface area contributed by atoms with Crippen LogP contribution in [0.2, 0.25) is 0 Å². The average Bonchev–Trinajstić information content (AvgIpc) is 2.90. The van der Waals surface area contributed by atoms with Gasteiger partial charge >= 0.3 is 0 Å². The standard InChI is InChI=1S/C14H15BrN2O/c15-12-3-1-10(2-4-12)13-9-17-18-14(13)11-5-7-16-8-6-11/h1-4,9,11,16H,5-8H2. The van der Waals surface area contributed by atoms with Crippen LogP contribution in [0, 0.1) is 0 Å². The van der Waals surface area contributed by atoms with Crippen LogP contribution in [0.4, 0.5) is 0 Å². The average molecular weight is 307 g/mol. The van der Waals surface area contributed by atoms with E-state index in [2.05, 4.69) is 50.7 Å². The molecule has 0 saturated carbocycles. The van der Waals surface area contributed by atoms with Crippen LogP contribution in [-0.2, 0) is 0 Å². The minimum atomic E-state index is 0.493. The third-order valence-corrected chi connectivity index (χ3v) is 3.99. The maximum Gasteiger partial charge on any atom is 0.147 e. The summed E-state index contributed by atoms with van der Waals surface area (Å²) >= 11 is 3.46. The minimum Gasteiger partial charge on any atom is -0.360 e. The molecule has 0 spiro atoms. The highest BCUT2D eigenvalue weighted by molar-refractivity contribution is 9.10. The molecule has 0 bridgehead atoms. The lowest BCUT2D eigenvalue weighted by molar-refractivity contribution is 0.328. The highest BCUT2D eigenvalue weighted by Crippen LogP contribution is 2.34. The normalized spacial score (nSPS) is 16.9. The molecular formula is C14H15BrN2O. The van der Waals surface area contributed by atoms with E-state index in [4.69, 9.17) is 4.52 Å². The molecule has 0 aliphatic carbocycles. The Morgan fingerprint density at radius 2 is 1.89 bits per heavy atom. The second-order valence-electron chi connectivity index (χ2n) is 4.63. The van der Waals surface area contributed by atoms with Crippen LogP contribution in [-0.4, -0.2) is 18.2 Å². The van der Waals surface area contributed by atoms with E-state index in [0.717, 1.165) is 41.7 Å². The lowest BCUT2D eigenvalue weighted by Gasteiger charge is -2.21. The largest absolute Gasteiger partial charge is 0.360 e. The van der Waals surface area contributed by atoms with Crippen molar-refractivity contribution in [2.75, 3.05) is 13.1 Å². The van der Waals surface area contributed by atoms with E-state index >= 15 is 0 Å². The number of nitrogens with zero attached hydrogens (tertiary/aromatic N) is 1. The Kier molecular flexibility index (Phi) is 3.48. The molecule has 0 amide bonds. The molecule has 1 aromatic heterocycles. The Bertz CT molecular complexity index is 515. The first-order valence-corrected chi connectivity index (χ1v) is 7.05. The molecule has 1 saturated heterocycles. The number of benzene rings is 1. The third-order valence-electron chi connectivity index (χ3n) is 3.46. The molecule has 3 rings (SSSR count). The summed E-state index contributed by atoms with van der Waals surface area (Å²) in [5.74, 6) is 1.53. The second-order valence-corrected chi connectivity index (χ2v) is 5.55. The molecule has 0 unspecified atom stereocenters. The molecule has 18 heavy (non-hydrogen) atoms. The molecule has 1 aliphatic heterocycles. The molecule has 4 heteroatoms. The number of hydrogen-bond acceptors (Lipinski definition) is 3. The van der Waals surface area contributed by atoms with Crippen LogP contribution in [0.15, 0.2) is 39.5 Å². The zero-order valence-electron chi connectivity index (χ0n) is 10.0. The van der Waals surface area contributed by atoms with Crippen LogP contribution in [0.5, 0.6) is 0 Å². The number of hydrogen-bond donors (Lipinski definition) is 1. The quantitative estimate of drug-likeness (QED) is 0.921. The Morgan fingerprint density at radius 1 is 1.17 bits per heavy atom. The monoisotopic (exact) mass is 306 g/mol. The zero-order valence-corrected chi connectivity index (χ0v) is 11.6. The number of rotatable bonds is 2. The predicted octanol–water partition coefficient (Wildman–Crippen LogP) is 3.57. The molecule has 3 nitrogen and oxygen atoms in total. The van der Waals surface area contributed by atoms with Gasteiger partial charge in [-0.1, -0.05) is 33.2 Å². The summed E-state index contributed by atoms with van der Waals surface area (Å²) in [4.78, 5) is 0. The Balaban J connectivity index is 1.93. The van der Waals surface area contributed by atoms with E-state index in [9.17, 15) is 0 Å². The molecule has 2 aromatic rings. The molecule has 1 N–H and O–H groups in total. The van der Waals surface area contributed by atoms with E-state index < -0.39 is 0 Å². The van der Waals surface area contributed by atoms with Crippen molar-refractivity contribution in [2.24, 2.45) is 0 Å². The minimum absolute atomic E-state index is 0.493. The first kappa shape index (κ1) is 11.9. The number of nitrogens with one attached hydrogen (secondary N) is 1. The summed E-state index contributed by atoms with van der Waals surface area (Å²) in [6, 6.07) is 8.30.